The van der Waals surface area contributed by atoms with Gasteiger partial charge in [0, 0.05) is 48.6 Å². The van der Waals surface area contributed by atoms with Crippen LogP contribution in [0.4, 0.5) is 11.4 Å². The van der Waals surface area contributed by atoms with E-state index in [0.717, 1.165) is 88.4 Å². The number of aromatic nitrogens is 3. The van der Waals surface area contributed by atoms with Crippen LogP contribution in [0.25, 0.3) is 17.2 Å². The number of ether oxygens (including phenoxy) is 2. The fourth-order valence-electron chi connectivity index (χ4n) is 5.32. The van der Waals surface area contributed by atoms with Gasteiger partial charge in [0.2, 0.25) is 0 Å². The van der Waals surface area contributed by atoms with Crippen molar-refractivity contribution in [3.05, 3.63) is 90.0 Å². The Morgan fingerprint density at radius 3 is 2.50 bits per heavy atom. The average molecular weight is 640 g/mol. The van der Waals surface area contributed by atoms with E-state index in [1.54, 1.807) is 18.1 Å². The van der Waals surface area contributed by atoms with E-state index in [2.05, 4.69) is 77.6 Å². The lowest BCUT2D eigenvalue weighted by Gasteiger charge is -2.27. The number of anilines is 2. The third kappa shape index (κ3) is 9.23. The molecule has 0 bridgehead atoms. The topological polar surface area (TPSA) is 81.5 Å². The number of unbranched alkanes of at least 4 members (excludes halogenated alkanes) is 1. The van der Waals surface area contributed by atoms with E-state index in [0.29, 0.717) is 25.6 Å². The van der Waals surface area contributed by atoms with Crippen LogP contribution >= 0.6 is 11.8 Å². The van der Waals surface area contributed by atoms with Crippen molar-refractivity contribution in [1.29, 1.82) is 0 Å². The number of amides is 1. The Morgan fingerprint density at radius 1 is 1.00 bits per heavy atom. The molecule has 1 amide bonds. The van der Waals surface area contributed by atoms with Crippen LogP contribution in [0.1, 0.15) is 51.4 Å². The Hall–Kier alpha value is -4.08. The quantitative estimate of drug-likeness (QED) is 0.105. The number of hydrogen-bond acceptors (Lipinski definition) is 7. The predicted octanol–water partition coefficient (Wildman–Crippen LogP) is 7.86. The molecule has 0 fully saturated rings. The normalized spacial score (nSPS) is 12.9. The van der Waals surface area contributed by atoms with Crippen molar-refractivity contribution in [2.45, 2.75) is 50.7 Å². The predicted molar refractivity (Wildman–Crippen MR) is 188 cm³/mol. The van der Waals surface area contributed by atoms with Crippen molar-refractivity contribution in [3.8, 4) is 16.9 Å². The Balaban J connectivity index is 1.27. The molecule has 5 rings (SSSR count). The van der Waals surface area contributed by atoms with E-state index >= 15 is 0 Å². The molecule has 3 aromatic carbocycles. The van der Waals surface area contributed by atoms with Gasteiger partial charge in [-0.15, -0.1) is 22.0 Å². The highest BCUT2D eigenvalue weighted by molar-refractivity contribution is 7.98. The van der Waals surface area contributed by atoms with Crippen molar-refractivity contribution in [2.24, 2.45) is 13.0 Å². The van der Waals surface area contributed by atoms with E-state index in [4.69, 9.17) is 9.47 Å². The van der Waals surface area contributed by atoms with E-state index in [1.165, 1.54) is 0 Å². The van der Waals surface area contributed by atoms with Gasteiger partial charge in [-0.1, -0.05) is 45.4 Å². The van der Waals surface area contributed by atoms with Crippen molar-refractivity contribution >= 4 is 35.1 Å². The lowest BCUT2D eigenvalue weighted by atomic mass is 10.00. The van der Waals surface area contributed by atoms with Gasteiger partial charge >= 0.3 is 0 Å². The molecule has 1 N–H and O–H groups in total. The Bertz CT molecular complexity index is 1600. The van der Waals surface area contributed by atoms with Gasteiger partial charge in [-0.3, -0.25) is 4.79 Å². The molecular formula is C37H45N5O3S. The molecular weight excluding hydrogens is 595 g/mol. The first-order chi connectivity index (χ1) is 22.4. The lowest BCUT2D eigenvalue weighted by molar-refractivity contribution is -0.112. The molecule has 46 heavy (non-hydrogen) atoms. The highest BCUT2D eigenvalue weighted by atomic mass is 32.2. The number of fused-ring (bicyclic) bond motifs is 1. The zero-order chi connectivity index (χ0) is 32.3. The summed E-state index contributed by atoms with van der Waals surface area (Å²) in [5.74, 6) is 2.91. The van der Waals surface area contributed by atoms with Crippen LogP contribution in [0.3, 0.4) is 0 Å². The number of nitrogens with one attached hydrogen (secondary N) is 1. The standard InChI is InChI=1S/C37H45N5O3S/c1-5-6-19-44-20-21-45-33-12-7-28(8-13-33)29-9-16-35-31(22-29)23-30(17-18-42(35)24-27(2)3)37(43)39-32-10-14-34(15-11-32)46-25-36-40-38-26-41(36)4/h7-16,22-23,26-27H,5-6,17-21,24-25H2,1-4H3,(H,39,43). The summed E-state index contributed by atoms with van der Waals surface area (Å²) in [6.45, 7) is 10.2. The second-order valence-corrected chi connectivity index (χ2v) is 13.0. The summed E-state index contributed by atoms with van der Waals surface area (Å²) in [4.78, 5) is 17.1. The number of nitrogens with zero attached hydrogens (tertiary/aromatic N) is 4. The summed E-state index contributed by atoms with van der Waals surface area (Å²) in [5.41, 5.74) is 5.97. The average Bonchev–Trinajstić information content (AvgIpc) is 3.38. The van der Waals surface area contributed by atoms with E-state index in [9.17, 15) is 4.79 Å². The largest absolute Gasteiger partial charge is 0.491 e. The van der Waals surface area contributed by atoms with Crippen molar-refractivity contribution in [3.63, 3.8) is 0 Å². The zero-order valence-corrected chi connectivity index (χ0v) is 28.2. The number of carbonyl (C=O) groups excluding carboxylic acids is 1. The number of benzene rings is 3. The highest BCUT2D eigenvalue weighted by Gasteiger charge is 2.21. The second kappa shape index (κ2) is 16.5. The molecule has 0 saturated carbocycles. The highest BCUT2D eigenvalue weighted by Crippen LogP contribution is 2.34. The first kappa shape index (κ1) is 33.3. The van der Waals surface area contributed by atoms with Gasteiger partial charge in [-0.25, -0.2) is 0 Å². The minimum Gasteiger partial charge on any atom is -0.491 e. The van der Waals surface area contributed by atoms with Crippen LogP contribution in [-0.4, -0.2) is 53.6 Å². The molecule has 1 aliphatic heterocycles. The van der Waals surface area contributed by atoms with Gasteiger partial charge in [-0.05, 0) is 90.1 Å². The molecule has 0 unspecified atom stereocenters. The van der Waals surface area contributed by atoms with Crippen molar-refractivity contribution in [2.75, 3.05) is 43.1 Å². The van der Waals surface area contributed by atoms with E-state index in [1.807, 2.05) is 48.0 Å². The molecule has 1 aromatic heterocycles. The maximum atomic E-state index is 13.6. The Morgan fingerprint density at radius 2 is 1.78 bits per heavy atom. The fourth-order valence-corrected chi connectivity index (χ4v) is 6.21. The molecule has 242 valence electrons. The van der Waals surface area contributed by atoms with Crippen LogP contribution in [-0.2, 0) is 22.3 Å². The summed E-state index contributed by atoms with van der Waals surface area (Å²) < 4.78 is 13.4. The monoisotopic (exact) mass is 639 g/mol. The number of hydrogen-bond donors (Lipinski definition) is 1. The number of thioether (sulfide) groups is 1. The molecule has 0 spiro atoms. The molecule has 0 radical (unpaired) electrons. The first-order valence-corrected chi connectivity index (χ1v) is 17.2. The van der Waals surface area contributed by atoms with Crippen molar-refractivity contribution in [1.82, 2.24) is 14.8 Å². The summed E-state index contributed by atoms with van der Waals surface area (Å²) in [6.07, 6.45) is 6.65. The lowest BCUT2D eigenvalue weighted by Crippen LogP contribution is -2.29. The van der Waals surface area contributed by atoms with Gasteiger partial charge in [0.1, 0.15) is 24.5 Å². The van der Waals surface area contributed by atoms with Gasteiger partial charge < -0.3 is 24.3 Å². The molecule has 4 aromatic rings. The Kier molecular flexibility index (Phi) is 11.9. The number of rotatable bonds is 15. The van der Waals surface area contributed by atoms with Gasteiger partial charge in [0.25, 0.3) is 5.91 Å². The summed E-state index contributed by atoms with van der Waals surface area (Å²) in [6, 6.07) is 22.7. The fraction of sp³-hybridized carbons (Fsp3) is 0.378. The van der Waals surface area contributed by atoms with Gasteiger partial charge in [0.15, 0.2) is 0 Å². The molecule has 0 atom stereocenters. The molecule has 0 saturated heterocycles. The van der Waals surface area contributed by atoms with Crippen LogP contribution in [0, 0.1) is 5.92 Å². The minimum absolute atomic E-state index is 0.0672. The van der Waals surface area contributed by atoms with Crippen LogP contribution in [0.15, 0.2) is 83.5 Å². The van der Waals surface area contributed by atoms with Gasteiger partial charge in [-0.2, -0.15) is 0 Å². The maximum absolute atomic E-state index is 13.6. The SMILES string of the molecule is CCCCOCCOc1ccc(-c2ccc3c(c2)C=C(C(=O)Nc2ccc(SCc4nncn4C)cc2)CCN3CC(C)C)cc1. The zero-order valence-electron chi connectivity index (χ0n) is 27.4. The molecule has 8 nitrogen and oxygen atoms in total. The smallest absolute Gasteiger partial charge is 0.251 e. The maximum Gasteiger partial charge on any atom is 0.251 e. The summed E-state index contributed by atoms with van der Waals surface area (Å²) in [5, 5.41) is 11.2. The molecule has 9 heteroatoms. The number of aryl methyl sites for hydroxylation is 1. The molecule has 1 aliphatic rings. The van der Waals surface area contributed by atoms with Crippen LogP contribution < -0.4 is 15.0 Å². The van der Waals surface area contributed by atoms with E-state index < -0.39 is 0 Å². The second-order valence-electron chi connectivity index (χ2n) is 12.0. The molecule has 0 aliphatic carbocycles. The first-order valence-electron chi connectivity index (χ1n) is 16.2. The number of carbonyl (C=O) groups is 1. The van der Waals surface area contributed by atoms with Crippen molar-refractivity contribution < 1.29 is 14.3 Å². The van der Waals surface area contributed by atoms with Crippen LogP contribution in [0.5, 0.6) is 5.75 Å². The third-order valence-corrected chi connectivity index (χ3v) is 8.85. The van der Waals surface area contributed by atoms with Crippen LogP contribution in [0.2, 0.25) is 0 Å². The summed E-state index contributed by atoms with van der Waals surface area (Å²) in [7, 11) is 1.94. The Labute approximate surface area is 277 Å². The van der Waals surface area contributed by atoms with Gasteiger partial charge in [0.05, 0.1) is 12.4 Å². The summed E-state index contributed by atoms with van der Waals surface area (Å²) >= 11 is 1.69. The third-order valence-electron chi connectivity index (χ3n) is 7.84. The molecule has 2 heterocycles. The minimum atomic E-state index is -0.0672. The van der Waals surface area contributed by atoms with E-state index in [-0.39, 0.29) is 5.91 Å².